The summed E-state index contributed by atoms with van der Waals surface area (Å²) in [7, 11) is -4.27. The van der Waals surface area contributed by atoms with E-state index in [0.29, 0.717) is 5.56 Å². The van der Waals surface area contributed by atoms with Crippen LogP contribution in [0.2, 0.25) is 0 Å². The summed E-state index contributed by atoms with van der Waals surface area (Å²) in [6.45, 7) is 1.61. The predicted molar refractivity (Wildman–Crippen MR) is 77.0 cm³/mol. The minimum atomic E-state index is -4.27. The van der Waals surface area contributed by atoms with Gasteiger partial charge >= 0.3 is 0 Å². The molecule has 0 saturated carbocycles. The molecule has 22 heavy (non-hydrogen) atoms. The number of sulfonamides is 1. The Bertz CT molecular complexity index is 821. The number of carbonyl (C=O) groups excluding carboxylic acids is 1. The average molecular weight is 324 g/mol. The molecule has 0 spiro atoms. The molecule has 2 aromatic rings. The fourth-order valence-electron chi connectivity index (χ4n) is 1.72. The van der Waals surface area contributed by atoms with E-state index in [2.05, 4.69) is 0 Å². The van der Waals surface area contributed by atoms with Crippen LogP contribution in [0.3, 0.4) is 0 Å². The summed E-state index contributed by atoms with van der Waals surface area (Å²) in [5.41, 5.74) is 2.36. The van der Waals surface area contributed by atoms with Gasteiger partial charge in [-0.2, -0.15) is 0 Å². The van der Waals surface area contributed by atoms with Crippen molar-refractivity contribution in [3.8, 4) is 5.75 Å². The van der Waals surface area contributed by atoms with Crippen LogP contribution >= 0.6 is 0 Å². The van der Waals surface area contributed by atoms with Crippen LogP contribution in [0, 0.1) is 12.7 Å². The van der Waals surface area contributed by atoms with Gasteiger partial charge in [0.1, 0.15) is 16.5 Å². The van der Waals surface area contributed by atoms with Gasteiger partial charge in [0.2, 0.25) is 0 Å². The number of benzene rings is 2. The monoisotopic (exact) mass is 324 g/mol. The highest BCUT2D eigenvalue weighted by molar-refractivity contribution is 7.89. The van der Waals surface area contributed by atoms with Gasteiger partial charge in [0, 0.05) is 0 Å². The minimum absolute atomic E-state index is 0.116. The van der Waals surface area contributed by atoms with E-state index in [0.717, 1.165) is 12.1 Å². The van der Waals surface area contributed by atoms with Crippen LogP contribution in [0.5, 0.6) is 5.75 Å². The molecule has 116 valence electrons. The first kappa shape index (κ1) is 15.9. The normalized spacial score (nSPS) is 11.2. The van der Waals surface area contributed by atoms with Gasteiger partial charge in [-0.05, 0) is 36.8 Å². The summed E-state index contributed by atoms with van der Waals surface area (Å²) < 4.78 is 37.6. The minimum Gasteiger partial charge on any atom is -0.507 e. The Kier molecular flexibility index (Phi) is 4.43. The van der Waals surface area contributed by atoms with Crippen molar-refractivity contribution in [1.82, 2.24) is 10.3 Å². The molecule has 2 rings (SSSR count). The second-order valence-electron chi connectivity index (χ2n) is 4.51. The van der Waals surface area contributed by atoms with Crippen molar-refractivity contribution < 1.29 is 22.7 Å². The van der Waals surface area contributed by atoms with E-state index in [1.165, 1.54) is 30.3 Å². The Hall–Kier alpha value is -2.45. The highest BCUT2D eigenvalue weighted by atomic mass is 32.2. The molecule has 6 nitrogen and oxygen atoms in total. The van der Waals surface area contributed by atoms with E-state index in [4.69, 9.17) is 0 Å². The number of phenols is 1. The molecular weight excluding hydrogens is 311 g/mol. The lowest BCUT2D eigenvalue weighted by Crippen LogP contribution is -2.41. The number of hydrogen-bond acceptors (Lipinski definition) is 4. The Balaban J connectivity index is 2.18. The van der Waals surface area contributed by atoms with Gasteiger partial charge in [-0.1, -0.05) is 18.2 Å². The molecule has 0 aliphatic rings. The van der Waals surface area contributed by atoms with Gasteiger partial charge in [0.05, 0.1) is 5.56 Å². The summed E-state index contributed by atoms with van der Waals surface area (Å²) in [5.74, 6) is -2.11. The first-order chi connectivity index (χ1) is 10.3. The SMILES string of the molecule is Cc1ccc(F)c(S(=O)(=O)NNC(=O)c2ccccc2O)c1. The molecule has 2 aromatic carbocycles. The number of aryl methyl sites for hydroxylation is 1. The summed E-state index contributed by atoms with van der Waals surface area (Å²) >= 11 is 0. The lowest BCUT2D eigenvalue weighted by atomic mass is 10.2. The van der Waals surface area contributed by atoms with Crippen LogP contribution < -0.4 is 10.3 Å². The third-order valence-electron chi connectivity index (χ3n) is 2.82. The van der Waals surface area contributed by atoms with Crippen LogP contribution in [-0.4, -0.2) is 19.4 Å². The van der Waals surface area contributed by atoms with E-state index in [9.17, 15) is 22.7 Å². The van der Waals surface area contributed by atoms with Crippen molar-refractivity contribution in [3.05, 3.63) is 59.4 Å². The maximum absolute atomic E-state index is 13.6. The number of amides is 1. The van der Waals surface area contributed by atoms with E-state index in [1.54, 1.807) is 11.8 Å². The first-order valence-electron chi connectivity index (χ1n) is 6.17. The molecule has 0 atom stereocenters. The van der Waals surface area contributed by atoms with Crippen molar-refractivity contribution in [3.63, 3.8) is 0 Å². The lowest BCUT2D eigenvalue weighted by Gasteiger charge is -2.10. The Morgan fingerprint density at radius 2 is 1.86 bits per heavy atom. The molecule has 0 aromatic heterocycles. The van der Waals surface area contributed by atoms with Gasteiger partial charge in [0.15, 0.2) is 0 Å². The zero-order valence-electron chi connectivity index (χ0n) is 11.5. The van der Waals surface area contributed by atoms with Crippen molar-refractivity contribution in [2.24, 2.45) is 0 Å². The number of para-hydroxylation sites is 1. The average Bonchev–Trinajstić information content (AvgIpc) is 2.48. The molecule has 0 fully saturated rings. The quantitative estimate of drug-likeness (QED) is 0.742. The Labute approximate surface area is 126 Å². The van der Waals surface area contributed by atoms with E-state index in [-0.39, 0.29) is 11.3 Å². The van der Waals surface area contributed by atoms with Gasteiger partial charge < -0.3 is 5.11 Å². The molecular formula is C14H13FN2O4S. The molecule has 0 radical (unpaired) electrons. The van der Waals surface area contributed by atoms with Crippen LogP contribution in [0.25, 0.3) is 0 Å². The number of carbonyl (C=O) groups is 1. The van der Waals surface area contributed by atoms with Crippen LogP contribution in [-0.2, 0) is 10.0 Å². The lowest BCUT2D eigenvalue weighted by molar-refractivity contribution is 0.0942. The maximum Gasteiger partial charge on any atom is 0.269 e. The standard InChI is InChI=1S/C14H13FN2O4S/c1-9-6-7-11(15)13(8-9)22(20,21)17-16-14(19)10-4-2-3-5-12(10)18/h2-8,17-18H,1H3,(H,16,19). The molecule has 3 N–H and O–H groups in total. The van der Waals surface area contributed by atoms with Crippen molar-refractivity contribution in [1.29, 1.82) is 0 Å². The van der Waals surface area contributed by atoms with Crippen molar-refractivity contribution in [2.75, 3.05) is 0 Å². The third-order valence-corrected chi connectivity index (χ3v) is 4.09. The number of rotatable bonds is 4. The molecule has 0 aliphatic carbocycles. The molecule has 8 heteroatoms. The summed E-state index contributed by atoms with van der Waals surface area (Å²) in [5, 5.41) is 9.51. The van der Waals surface area contributed by atoms with Crippen LogP contribution in [0.15, 0.2) is 47.4 Å². The second-order valence-corrected chi connectivity index (χ2v) is 6.16. The van der Waals surface area contributed by atoms with Crippen molar-refractivity contribution in [2.45, 2.75) is 11.8 Å². The number of phenolic OH excluding ortho intramolecular Hbond substituents is 1. The molecule has 0 heterocycles. The summed E-state index contributed by atoms with van der Waals surface area (Å²) in [4.78, 5) is 13.0. The largest absolute Gasteiger partial charge is 0.507 e. The van der Waals surface area contributed by atoms with Gasteiger partial charge in [-0.3, -0.25) is 10.2 Å². The summed E-state index contributed by atoms with van der Waals surface area (Å²) in [6.07, 6.45) is 0. The molecule has 1 amide bonds. The molecule has 0 saturated heterocycles. The zero-order valence-corrected chi connectivity index (χ0v) is 12.3. The fraction of sp³-hybridized carbons (Fsp3) is 0.0714. The van der Waals surface area contributed by atoms with Gasteiger partial charge in [0.25, 0.3) is 15.9 Å². The Morgan fingerprint density at radius 3 is 2.55 bits per heavy atom. The topological polar surface area (TPSA) is 95.5 Å². The molecule has 0 aliphatic heterocycles. The van der Waals surface area contributed by atoms with Gasteiger partial charge in [-0.25, -0.2) is 12.8 Å². The molecule has 0 unspecified atom stereocenters. The number of nitrogens with one attached hydrogen (secondary N) is 2. The number of hydrazine groups is 1. The number of aromatic hydroxyl groups is 1. The highest BCUT2D eigenvalue weighted by Gasteiger charge is 2.20. The van der Waals surface area contributed by atoms with E-state index in [1.807, 2.05) is 5.43 Å². The number of halogens is 1. The number of hydrogen-bond donors (Lipinski definition) is 3. The zero-order chi connectivity index (χ0) is 16.3. The second kappa shape index (κ2) is 6.12. The third kappa shape index (κ3) is 3.41. The first-order valence-corrected chi connectivity index (χ1v) is 7.66. The van der Waals surface area contributed by atoms with Crippen molar-refractivity contribution >= 4 is 15.9 Å². The van der Waals surface area contributed by atoms with E-state index < -0.39 is 26.6 Å². The van der Waals surface area contributed by atoms with E-state index >= 15 is 0 Å². The smallest absolute Gasteiger partial charge is 0.269 e. The molecule has 0 bridgehead atoms. The summed E-state index contributed by atoms with van der Waals surface area (Å²) in [6, 6.07) is 9.20. The van der Waals surface area contributed by atoms with Crippen LogP contribution in [0.1, 0.15) is 15.9 Å². The highest BCUT2D eigenvalue weighted by Crippen LogP contribution is 2.17. The Morgan fingerprint density at radius 1 is 1.18 bits per heavy atom. The van der Waals surface area contributed by atoms with Crippen LogP contribution in [0.4, 0.5) is 4.39 Å². The van der Waals surface area contributed by atoms with Gasteiger partial charge in [-0.15, -0.1) is 4.83 Å². The maximum atomic E-state index is 13.6. The predicted octanol–water partition coefficient (Wildman–Crippen LogP) is 1.46. The fourth-order valence-corrected chi connectivity index (χ4v) is 2.72.